The van der Waals surface area contributed by atoms with E-state index in [2.05, 4.69) is 9.97 Å². The first-order valence-electron chi connectivity index (χ1n) is 4.20. The zero-order valence-corrected chi connectivity index (χ0v) is 14.5. The SMILES string of the molecule is O=P([O-])([O-])/C=C/c1nc2ccccc2[nH]1.[Na+].[Na+]. The molecule has 0 aliphatic carbocycles. The molecule has 5 nitrogen and oxygen atoms in total. The Kier molecular flexibility index (Phi) is 7.49. The molecule has 2 aromatic rings. The fraction of sp³-hybridized carbons (Fsp3) is 0. The first kappa shape index (κ1) is 17.6. The van der Waals surface area contributed by atoms with E-state index in [1.165, 1.54) is 0 Å². The molecule has 0 saturated carbocycles. The Hall–Kier alpha value is 0.580. The molecule has 0 bridgehead atoms. The number of aromatic amines is 1. The zero-order chi connectivity index (χ0) is 10.9. The summed E-state index contributed by atoms with van der Waals surface area (Å²) in [4.78, 5) is 27.7. The van der Waals surface area contributed by atoms with Crippen molar-refractivity contribution >= 4 is 24.7 Å². The van der Waals surface area contributed by atoms with Crippen molar-refractivity contribution in [2.24, 2.45) is 0 Å². The Labute approximate surface area is 142 Å². The average molecular weight is 268 g/mol. The van der Waals surface area contributed by atoms with Crippen LogP contribution in [0.4, 0.5) is 0 Å². The van der Waals surface area contributed by atoms with Crippen molar-refractivity contribution in [3.05, 3.63) is 35.9 Å². The number of nitrogens with zero attached hydrogens (tertiary/aromatic N) is 1. The van der Waals surface area contributed by atoms with Crippen LogP contribution >= 0.6 is 7.60 Å². The van der Waals surface area contributed by atoms with E-state index in [1.807, 2.05) is 18.2 Å². The van der Waals surface area contributed by atoms with Crippen LogP contribution in [0.5, 0.6) is 0 Å². The van der Waals surface area contributed by atoms with Crippen LogP contribution in [0.2, 0.25) is 0 Å². The van der Waals surface area contributed by atoms with Gasteiger partial charge in [-0.3, -0.25) is 0 Å². The first-order valence-corrected chi connectivity index (χ1v) is 5.81. The average Bonchev–Trinajstić information content (AvgIpc) is 2.56. The van der Waals surface area contributed by atoms with Crippen molar-refractivity contribution in [3.63, 3.8) is 0 Å². The van der Waals surface area contributed by atoms with Gasteiger partial charge in [-0.15, -0.1) is 0 Å². The van der Waals surface area contributed by atoms with Crippen LogP contribution in [-0.2, 0) is 4.57 Å². The van der Waals surface area contributed by atoms with Gasteiger partial charge in [-0.25, -0.2) is 4.98 Å². The minimum absolute atomic E-state index is 0. The molecule has 1 heterocycles. The largest absolute Gasteiger partial charge is 1.00 e. The zero-order valence-electron chi connectivity index (χ0n) is 9.58. The fourth-order valence-electron chi connectivity index (χ4n) is 1.21. The van der Waals surface area contributed by atoms with E-state index in [0.717, 1.165) is 17.1 Å². The van der Waals surface area contributed by atoms with Gasteiger partial charge < -0.3 is 19.3 Å². The van der Waals surface area contributed by atoms with Gasteiger partial charge >= 0.3 is 59.1 Å². The number of para-hydroxylation sites is 2. The summed E-state index contributed by atoms with van der Waals surface area (Å²) in [5.74, 6) is 0.952. The van der Waals surface area contributed by atoms with Crippen molar-refractivity contribution in [1.82, 2.24) is 9.97 Å². The maximum atomic E-state index is 10.4. The number of hydrogen-bond acceptors (Lipinski definition) is 4. The first-order chi connectivity index (χ1) is 7.04. The molecule has 1 N–H and O–H groups in total. The molecule has 2 rings (SSSR count). The van der Waals surface area contributed by atoms with E-state index in [9.17, 15) is 14.4 Å². The fourth-order valence-corrected chi connectivity index (χ4v) is 1.54. The molecular weight excluding hydrogens is 261 g/mol. The van der Waals surface area contributed by atoms with Gasteiger partial charge in [0, 0.05) is 0 Å². The van der Waals surface area contributed by atoms with Gasteiger partial charge in [0.15, 0.2) is 0 Å². The summed E-state index contributed by atoms with van der Waals surface area (Å²) in [5, 5.41) is 0. The Balaban J connectivity index is 0.00000128. The van der Waals surface area contributed by atoms with Crippen molar-refractivity contribution < 1.29 is 73.5 Å². The van der Waals surface area contributed by atoms with E-state index in [1.54, 1.807) is 6.07 Å². The maximum absolute atomic E-state index is 10.4. The molecule has 0 radical (unpaired) electrons. The number of nitrogens with one attached hydrogen (secondary N) is 1. The van der Waals surface area contributed by atoms with Crippen LogP contribution in [0.1, 0.15) is 5.82 Å². The second kappa shape index (κ2) is 7.24. The van der Waals surface area contributed by atoms with Gasteiger partial charge in [0.05, 0.1) is 11.0 Å². The number of rotatable bonds is 2. The molecule has 0 amide bonds. The minimum Gasteiger partial charge on any atom is -0.808 e. The molecule has 8 heteroatoms. The number of benzene rings is 1. The molecule has 78 valence electrons. The molecule has 17 heavy (non-hydrogen) atoms. The topological polar surface area (TPSA) is 91.9 Å². The van der Waals surface area contributed by atoms with Crippen LogP contribution < -0.4 is 68.9 Å². The molecule has 0 aliphatic heterocycles. The number of hydrogen-bond donors (Lipinski definition) is 1. The Morgan fingerprint density at radius 3 is 2.47 bits per heavy atom. The smallest absolute Gasteiger partial charge is 0.808 e. The van der Waals surface area contributed by atoms with Crippen LogP contribution in [-0.4, -0.2) is 9.97 Å². The summed E-state index contributed by atoms with van der Waals surface area (Å²) in [5.41, 5.74) is 1.52. The van der Waals surface area contributed by atoms with Gasteiger partial charge in [0.2, 0.25) is 0 Å². The van der Waals surface area contributed by atoms with E-state index in [-0.39, 0.29) is 59.1 Å². The third-order valence-electron chi connectivity index (χ3n) is 1.82. The molecular formula is C9H7N2Na2O3P. The molecule has 0 atom stereocenters. The summed E-state index contributed by atoms with van der Waals surface area (Å²) in [6.45, 7) is 0. The van der Waals surface area contributed by atoms with E-state index in [0.29, 0.717) is 11.6 Å². The Morgan fingerprint density at radius 2 is 1.88 bits per heavy atom. The van der Waals surface area contributed by atoms with Crippen LogP contribution in [0.3, 0.4) is 0 Å². The van der Waals surface area contributed by atoms with E-state index >= 15 is 0 Å². The summed E-state index contributed by atoms with van der Waals surface area (Å²) < 4.78 is 10.4. The summed E-state index contributed by atoms with van der Waals surface area (Å²) >= 11 is 0. The molecule has 0 saturated heterocycles. The number of imidazole rings is 1. The van der Waals surface area contributed by atoms with Gasteiger partial charge in [0.1, 0.15) is 5.82 Å². The second-order valence-electron chi connectivity index (χ2n) is 2.99. The summed E-state index contributed by atoms with van der Waals surface area (Å²) in [6, 6.07) is 7.26. The van der Waals surface area contributed by atoms with Crippen molar-refractivity contribution in [1.29, 1.82) is 0 Å². The third-order valence-corrected chi connectivity index (χ3v) is 2.34. The molecule has 1 aromatic heterocycles. The number of aromatic nitrogens is 2. The van der Waals surface area contributed by atoms with E-state index in [4.69, 9.17) is 0 Å². The summed E-state index contributed by atoms with van der Waals surface area (Å²) in [6.07, 6.45) is 1.15. The van der Waals surface area contributed by atoms with E-state index < -0.39 is 7.60 Å². The quantitative estimate of drug-likeness (QED) is 0.434. The van der Waals surface area contributed by atoms with Gasteiger partial charge in [-0.2, -0.15) is 0 Å². The summed E-state index contributed by atoms with van der Waals surface area (Å²) in [7, 11) is -4.61. The van der Waals surface area contributed by atoms with Gasteiger partial charge in [-0.05, 0) is 31.6 Å². The molecule has 1 aromatic carbocycles. The van der Waals surface area contributed by atoms with Gasteiger partial charge in [-0.1, -0.05) is 12.1 Å². The van der Waals surface area contributed by atoms with Crippen molar-refractivity contribution in [2.75, 3.05) is 0 Å². The van der Waals surface area contributed by atoms with Crippen LogP contribution in [0.15, 0.2) is 30.1 Å². The van der Waals surface area contributed by atoms with Crippen molar-refractivity contribution in [2.45, 2.75) is 0 Å². The molecule has 0 fully saturated rings. The normalized spacial score (nSPS) is 11.2. The molecule has 0 unspecified atom stereocenters. The monoisotopic (exact) mass is 268 g/mol. The third kappa shape index (κ3) is 5.39. The predicted molar refractivity (Wildman–Crippen MR) is 52.7 cm³/mol. The Morgan fingerprint density at radius 1 is 1.24 bits per heavy atom. The van der Waals surface area contributed by atoms with Crippen LogP contribution in [0, 0.1) is 0 Å². The number of fused-ring (bicyclic) bond motifs is 1. The van der Waals surface area contributed by atoms with Gasteiger partial charge in [0.25, 0.3) is 0 Å². The molecule has 0 aliphatic rings. The van der Waals surface area contributed by atoms with Crippen LogP contribution in [0.25, 0.3) is 17.1 Å². The predicted octanol–water partition coefficient (Wildman–Crippen LogP) is -5.54. The van der Waals surface area contributed by atoms with Crippen molar-refractivity contribution in [3.8, 4) is 0 Å². The Bertz CT molecular complexity index is 531. The maximum Gasteiger partial charge on any atom is 1.00 e. The second-order valence-corrected chi connectivity index (χ2v) is 4.37. The molecule has 0 spiro atoms. The minimum atomic E-state index is -4.61. The number of H-pyrrole nitrogens is 1. The standard InChI is InChI=1S/C9H9N2O3P.2Na/c12-15(13,14)6-5-9-10-7-3-1-2-4-8(7)11-9;;/h1-6H,(H,10,11)(H2,12,13,14);;/q;2*+1/p-2/b6-5+;;.